The highest BCUT2D eigenvalue weighted by molar-refractivity contribution is 7.90. The van der Waals surface area contributed by atoms with Gasteiger partial charge in [-0.05, 0) is 136 Å². The third-order valence-electron chi connectivity index (χ3n) is 16.1. The SMILES string of the molecule is CC[C@H]1OC(=O)[C@H](C)[C@@H](O[C@H]2C[C@@](C)(OC)[C@](O)(CN3CCCCC3)[C@H](C)O2)[C@H](C)[C@@H](O[C@@H]2O[C@H](C)C[C@H](N(CC(C)C)S(=O)(=O)Nc3ccc(C(F)(F)F)cc3)[C@H]2O)[C@](C)(O)C[C@@H](C)CN[C@H](C)[C@@H](O)[C@]1(C)O. The molecule has 7 N–H and O–H groups in total. The first-order valence-corrected chi connectivity index (χ1v) is 28.0. The molecule has 4 heterocycles. The Morgan fingerprint density at radius 2 is 1.57 bits per heavy atom. The van der Waals surface area contributed by atoms with Crippen molar-refractivity contribution in [3.05, 3.63) is 29.8 Å². The van der Waals surface area contributed by atoms with Gasteiger partial charge in [0.25, 0.3) is 0 Å². The minimum atomic E-state index is -4.65. The number of hydrogen-bond donors (Lipinski definition) is 7. The van der Waals surface area contributed by atoms with Crippen molar-refractivity contribution < 1.29 is 80.3 Å². The van der Waals surface area contributed by atoms with E-state index in [1.54, 1.807) is 69.2 Å². The van der Waals surface area contributed by atoms with Crippen molar-refractivity contribution in [3.8, 4) is 0 Å². The Morgan fingerprint density at radius 3 is 2.14 bits per heavy atom. The Bertz CT molecular complexity index is 2070. The number of rotatable bonds is 14. The zero-order valence-corrected chi connectivity index (χ0v) is 46.6. The van der Waals surface area contributed by atoms with Crippen LogP contribution in [0.1, 0.15) is 134 Å². The molecule has 0 amide bonds. The van der Waals surface area contributed by atoms with E-state index in [0.717, 1.165) is 60.9 Å². The minimum absolute atomic E-state index is 0.00548. The normalized spacial score (nSPS) is 41.1. The molecule has 18 atom stereocenters. The number of methoxy groups -OCH3 is 1. The number of carbonyl (C=O) groups is 1. The van der Waals surface area contributed by atoms with Crippen LogP contribution in [0.15, 0.2) is 24.3 Å². The van der Waals surface area contributed by atoms with E-state index in [2.05, 4.69) is 14.9 Å². The van der Waals surface area contributed by atoms with Crippen molar-refractivity contribution >= 4 is 21.9 Å². The van der Waals surface area contributed by atoms with Crippen LogP contribution in [0.3, 0.4) is 0 Å². The molecule has 5 rings (SSSR count). The summed E-state index contributed by atoms with van der Waals surface area (Å²) in [5, 5.41) is 64.4. The maximum atomic E-state index is 14.7. The Kier molecular flexibility index (Phi) is 21.0. The highest BCUT2D eigenvalue weighted by Crippen LogP contribution is 2.44. The molecule has 0 radical (unpaired) electrons. The summed E-state index contributed by atoms with van der Waals surface area (Å²) in [5.74, 6) is -3.69. The minimum Gasteiger partial charge on any atom is -0.459 e. The van der Waals surface area contributed by atoms with Crippen LogP contribution < -0.4 is 10.0 Å². The predicted octanol–water partition coefficient (Wildman–Crippen LogP) is 5.19. The van der Waals surface area contributed by atoms with Gasteiger partial charge < -0.3 is 64.2 Å². The molecular formula is C52H89F3N4O14S. The van der Waals surface area contributed by atoms with Gasteiger partial charge in [-0.25, -0.2) is 0 Å². The maximum Gasteiger partial charge on any atom is 0.416 e. The molecule has 428 valence electrons. The van der Waals surface area contributed by atoms with Crippen LogP contribution in [0, 0.1) is 23.7 Å². The highest BCUT2D eigenvalue weighted by Gasteiger charge is 2.59. The number of esters is 1. The smallest absolute Gasteiger partial charge is 0.416 e. The van der Waals surface area contributed by atoms with Gasteiger partial charge >= 0.3 is 22.4 Å². The molecule has 74 heavy (non-hydrogen) atoms. The Hall–Kier alpha value is -2.29. The molecule has 0 aliphatic carbocycles. The molecule has 4 aliphatic rings. The fourth-order valence-corrected chi connectivity index (χ4v) is 13.3. The van der Waals surface area contributed by atoms with E-state index in [-0.39, 0.29) is 62.8 Å². The molecular weight excluding hydrogens is 994 g/mol. The number of piperidine rings is 1. The number of nitrogens with zero attached hydrogens (tertiary/aromatic N) is 2. The third-order valence-corrected chi connectivity index (χ3v) is 17.7. The fourth-order valence-electron chi connectivity index (χ4n) is 11.7. The second kappa shape index (κ2) is 24.8. The Morgan fingerprint density at radius 1 is 0.946 bits per heavy atom. The van der Waals surface area contributed by atoms with Gasteiger partial charge in [0.05, 0.1) is 47.5 Å². The summed E-state index contributed by atoms with van der Waals surface area (Å²) in [6.45, 7) is 22.2. The number of alkyl halides is 3. The van der Waals surface area contributed by atoms with Crippen molar-refractivity contribution in [2.75, 3.05) is 44.6 Å². The van der Waals surface area contributed by atoms with Crippen molar-refractivity contribution in [3.63, 3.8) is 0 Å². The third kappa shape index (κ3) is 14.5. The molecule has 0 bridgehead atoms. The summed E-state index contributed by atoms with van der Waals surface area (Å²) in [4.78, 5) is 16.8. The number of carbonyl (C=O) groups excluding carboxylic acids is 1. The van der Waals surface area contributed by atoms with E-state index in [9.17, 15) is 51.9 Å². The number of hydrogen-bond acceptors (Lipinski definition) is 16. The van der Waals surface area contributed by atoms with E-state index < -0.39 is 130 Å². The molecule has 1 aromatic rings. The first-order chi connectivity index (χ1) is 34.2. The van der Waals surface area contributed by atoms with Crippen molar-refractivity contribution in [1.29, 1.82) is 0 Å². The lowest BCUT2D eigenvalue weighted by atomic mass is 9.74. The largest absolute Gasteiger partial charge is 0.459 e. The second-order valence-electron chi connectivity index (χ2n) is 23.0. The number of nitrogens with one attached hydrogen (secondary N) is 2. The van der Waals surface area contributed by atoms with E-state index >= 15 is 0 Å². The van der Waals surface area contributed by atoms with E-state index in [1.807, 2.05) is 6.92 Å². The van der Waals surface area contributed by atoms with Gasteiger partial charge in [-0.1, -0.05) is 41.0 Å². The number of benzene rings is 1. The number of likely N-dealkylation sites (tertiary alicyclic amines) is 1. The van der Waals surface area contributed by atoms with Crippen molar-refractivity contribution in [2.45, 2.75) is 224 Å². The van der Waals surface area contributed by atoms with Gasteiger partial charge in [0, 0.05) is 44.3 Å². The summed E-state index contributed by atoms with van der Waals surface area (Å²) in [7, 11) is -3.07. The van der Waals surface area contributed by atoms with Crippen LogP contribution in [0.25, 0.3) is 0 Å². The molecule has 4 fully saturated rings. The van der Waals surface area contributed by atoms with E-state index in [0.29, 0.717) is 0 Å². The molecule has 18 nitrogen and oxygen atoms in total. The van der Waals surface area contributed by atoms with Gasteiger partial charge in [-0.15, -0.1) is 0 Å². The lowest BCUT2D eigenvalue weighted by Crippen LogP contribution is -2.70. The van der Waals surface area contributed by atoms with Gasteiger partial charge in [0.1, 0.15) is 35.1 Å². The molecule has 4 aliphatic heterocycles. The summed E-state index contributed by atoms with van der Waals surface area (Å²) < 4.78 is 111. The van der Waals surface area contributed by atoms with Crippen LogP contribution in [0.5, 0.6) is 0 Å². The standard InChI is InChI=1S/C52H89F3N4O14S/c1-14-40-50(12,64)44(61)35(8)56-27-31(4)25-48(10,63)45(33(6)43(34(7)46(62)71-40)72-41-26-49(11,68-13)51(65,36(9)70-41)29-58-22-16-15-17-23-58)73-47-42(60)39(24-32(5)69-47)59(28-30(2)3)74(66,67)57-38-20-18-37(19-21-38)52(53,54)55/h18-21,30-36,39-45,47,56-57,60-61,63-65H,14-17,22-29H2,1-13H3/t31-,32-,33+,34-,35-,36+,39+,40-,41+,42-,43+,44-,45-,47+,48-,49-,50-,51+/m1/s1. The molecule has 1 aromatic carbocycles. The average molecular weight is 1080 g/mol. The average Bonchev–Trinajstić information content (AvgIpc) is 3.31. The molecule has 0 unspecified atom stereocenters. The van der Waals surface area contributed by atoms with E-state index in [4.69, 9.17) is 28.4 Å². The summed E-state index contributed by atoms with van der Waals surface area (Å²) in [5.41, 5.74) is -7.60. The highest BCUT2D eigenvalue weighted by atomic mass is 32.2. The zero-order valence-electron chi connectivity index (χ0n) is 45.8. The van der Waals surface area contributed by atoms with E-state index in [1.165, 1.54) is 14.0 Å². The summed E-state index contributed by atoms with van der Waals surface area (Å²) in [6, 6.07) is 1.60. The van der Waals surface area contributed by atoms with Crippen LogP contribution >= 0.6 is 0 Å². The van der Waals surface area contributed by atoms with Crippen molar-refractivity contribution in [1.82, 2.24) is 14.5 Å². The van der Waals surface area contributed by atoms with Crippen LogP contribution in [0.4, 0.5) is 18.9 Å². The predicted molar refractivity (Wildman–Crippen MR) is 271 cm³/mol. The molecule has 0 aromatic heterocycles. The first-order valence-electron chi connectivity index (χ1n) is 26.5. The summed E-state index contributed by atoms with van der Waals surface area (Å²) >= 11 is 0. The summed E-state index contributed by atoms with van der Waals surface area (Å²) in [6.07, 6.45) is -12.8. The first kappa shape index (κ1) is 62.6. The van der Waals surface area contributed by atoms with Gasteiger partial charge in [0.15, 0.2) is 12.6 Å². The number of cyclic esters (lactones) is 1. The van der Waals surface area contributed by atoms with Gasteiger partial charge in [-0.3, -0.25) is 9.52 Å². The van der Waals surface area contributed by atoms with Crippen LogP contribution in [-0.4, -0.2) is 179 Å². The quantitative estimate of drug-likeness (QED) is 0.119. The number of halogens is 3. The topological polar surface area (TPSA) is 238 Å². The number of aliphatic hydroxyl groups excluding tert-OH is 2. The van der Waals surface area contributed by atoms with Crippen LogP contribution in [-0.2, 0) is 49.6 Å². The lowest BCUT2D eigenvalue weighted by Gasteiger charge is -2.55. The lowest BCUT2D eigenvalue weighted by molar-refractivity contribution is -0.339. The monoisotopic (exact) mass is 1080 g/mol. The zero-order chi connectivity index (χ0) is 55.5. The molecule has 4 saturated heterocycles. The van der Waals surface area contributed by atoms with Crippen molar-refractivity contribution in [2.24, 2.45) is 23.7 Å². The molecule has 0 spiro atoms. The number of aliphatic hydroxyl groups is 5. The number of β-amino-alcohol motifs (C(OH)–C–C–N with tert-alkyl or cyclic N) is 1. The van der Waals surface area contributed by atoms with Gasteiger partial charge in [0.2, 0.25) is 0 Å². The van der Waals surface area contributed by atoms with Gasteiger partial charge in [-0.2, -0.15) is 25.9 Å². The van der Waals surface area contributed by atoms with Crippen LogP contribution in [0.2, 0.25) is 0 Å². The second-order valence-corrected chi connectivity index (χ2v) is 24.7. The molecule has 0 saturated carbocycles. The Balaban J connectivity index is 1.57. The maximum absolute atomic E-state index is 14.7. The molecule has 22 heteroatoms. The Labute approximate surface area is 437 Å². The number of ether oxygens (including phenoxy) is 6. The fraction of sp³-hybridized carbons (Fsp3) is 0.865. The number of anilines is 1.